The fraction of sp³-hybridized carbons (Fsp3) is 0.222. The summed E-state index contributed by atoms with van der Waals surface area (Å²) in [5.41, 5.74) is 5.40. The van der Waals surface area contributed by atoms with Crippen LogP contribution in [0.15, 0.2) is 119 Å². The molecular formula is C36H34N4O4. The largest absolute Gasteiger partial charge is 0.489 e. The van der Waals surface area contributed by atoms with E-state index >= 15 is 0 Å². The molecule has 4 aromatic carbocycles. The van der Waals surface area contributed by atoms with Gasteiger partial charge in [0.2, 0.25) is 11.8 Å². The first-order valence-corrected chi connectivity index (χ1v) is 14.8. The number of hydrazone groups is 2. The lowest BCUT2D eigenvalue weighted by atomic mass is 9.98. The van der Waals surface area contributed by atoms with Gasteiger partial charge in [-0.3, -0.25) is 9.59 Å². The highest BCUT2D eigenvalue weighted by molar-refractivity contribution is 6.06. The lowest BCUT2D eigenvalue weighted by Gasteiger charge is -2.20. The molecule has 0 spiro atoms. The summed E-state index contributed by atoms with van der Waals surface area (Å²) in [7, 11) is 0. The van der Waals surface area contributed by atoms with Crippen LogP contribution in [-0.4, -0.2) is 46.5 Å². The van der Waals surface area contributed by atoms with E-state index in [0.717, 1.165) is 33.7 Å². The van der Waals surface area contributed by atoms with E-state index in [0.29, 0.717) is 37.6 Å². The molecule has 8 nitrogen and oxygen atoms in total. The van der Waals surface area contributed by atoms with E-state index in [2.05, 4.69) is 0 Å². The molecule has 0 radical (unpaired) electrons. The van der Waals surface area contributed by atoms with Gasteiger partial charge in [-0.15, -0.1) is 0 Å². The summed E-state index contributed by atoms with van der Waals surface area (Å²) in [5.74, 6) is 1.16. The second-order valence-electron chi connectivity index (χ2n) is 10.8. The monoisotopic (exact) mass is 586 g/mol. The van der Waals surface area contributed by atoms with E-state index in [4.69, 9.17) is 19.7 Å². The average Bonchev–Trinajstić information content (AvgIpc) is 3.71. The third-order valence-electron chi connectivity index (χ3n) is 7.83. The summed E-state index contributed by atoms with van der Waals surface area (Å²) < 4.78 is 12.4. The van der Waals surface area contributed by atoms with Crippen molar-refractivity contribution in [2.24, 2.45) is 10.2 Å². The number of ether oxygens (including phenoxy) is 2. The highest BCUT2D eigenvalue weighted by Gasteiger charge is 2.33. The zero-order valence-electron chi connectivity index (χ0n) is 24.8. The smallest absolute Gasteiger partial charge is 0.240 e. The molecule has 2 atom stereocenters. The maximum atomic E-state index is 12.4. The predicted molar refractivity (Wildman–Crippen MR) is 170 cm³/mol. The quantitative estimate of drug-likeness (QED) is 0.209. The Hall–Kier alpha value is -5.24. The molecule has 2 heterocycles. The number of nitrogens with zero attached hydrogens (tertiary/aromatic N) is 4. The molecule has 8 heteroatoms. The van der Waals surface area contributed by atoms with Gasteiger partial charge in [-0.2, -0.15) is 10.2 Å². The molecule has 4 aromatic rings. The van der Waals surface area contributed by atoms with Crippen molar-refractivity contribution in [3.8, 4) is 11.5 Å². The van der Waals surface area contributed by atoms with E-state index < -0.39 is 0 Å². The minimum absolute atomic E-state index is 0.104. The highest BCUT2D eigenvalue weighted by Crippen LogP contribution is 2.36. The standard InChI is InChI=1S/C36H34N4O4/c1-25(41)39-33(27-13-5-3-6-14-27)23-31(37-39)29-17-9-11-19-35(29)43-21-22-44-36-20-12-10-18-30(36)32-24-34(40(38-32)26(2)42)28-15-7-4-8-16-28/h3-20,33-34H,21-24H2,1-2H3. The second-order valence-corrected chi connectivity index (χ2v) is 10.8. The third-order valence-corrected chi connectivity index (χ3v) is 7.83. The number of hydrogen-bond acceptors (Lipinski definition) is 6. The molecule has 2 unspecified atom stereocenters. The first-order chi connectivity index (χ1) is 21.5. The van der Waals surface area contributed by atoms with Crippen LogP contribution in [0, 0.1) is 0 Å². The molecule has 44 heavy (non-hydrogen) atoms. The van der Waals surface area contributed by atoms with Crippen molar-refractivity contribution in [3.05, 3.63) is 131 Å². The Labute approximate surface area is 257 Å². The summed E-state index contributed by atoms with van der Waals surface area (Å²) >= 11 is 0. The summed E-state index contributed by atoms with van der Waals surface area (Å²) in [4.78, 5) is 24.9. The molecule has 0 aromatic heterocycles. The Bertz CT molecular complexity index is 1580. The molecule has 2 amide bonds. The predicted octanol–water partition coefficient (Wildman–Crippen LogP) is 6.54. The van der Waals surface area contributed by atoms with Gasteiger partial charge >= 0.3 is 0 Å². The maximum absolute atomic E-state index is 12.4. The molecule has 0 N–H and O–H groups in total. The van der Waals surface area contributed by atoms with Crippen LogP contribution >= 0.6 is 0 Å². The number of amides is 2. The van der Waals surface area contributed by atoms with Gasteiger partial charge in [0.05, 0.1) is 23.5 Å². The molecular weight excluding hydrogens is 552 g/mol. The minimum Gasteiger partial charge on any atom is -0.489 e. The number of carbonyl (C=O) groups is 2. The van der Waals surface area contributed by atoms with Crippen LogP contribution in [0.25, 0.3) is 0 Å². The Morgan fingerprint density at radius 3 is 1.34 bits per heavy atom. The third kappa shape index (κ3) is 6.10. The Kier molecular flexibility index (Phi) is 8.50. The van der Waals surface area contributed by atoms with Crippen LogP contribution in [0.2, 0.25) is 0 Å². The van der Waals surface area contributed by atoms with Gasteiger partial charge in [-0.1, -0.05) is 84.9 Å². The van der Waals surface area contributed by atoms with Crippen LogP contribution in [0.4, 0.5) is 0 Å². The summed E-state index contributed by atoms with van der Waals surface area (Å²) in [6, 6.07) is 35.1. The first-order valence-electron chi connectivity index (χ1n) is 14.8. The van der Waals surface area contributed by atoms with E-state index in [1.807, 2.05) is 109 Å². The zero-order valence-corrected chi connectivity index (χ0v) is 24.8. The van der Waals surface area contributed by atoms with Crippen molar-refractivity contribution in [2.45, 2.75) is 38.8 Å². The fourth-order valence-electron chi connectivity index (χ4n) is 5.76. The normalized spacial score (nSPS) is 17.7. The van der Waals surface area contributed by atoms with Crippen molar-refractivity contribution in [3.63, 3.8) is 0 Å². The molecule has 0 bridgehead atoms. The topological polar surface area (TPSA) is 83.8 Å². The molecule has 6 rings (SSSR count). The molecule has 222 valence electrons. The zero-order chi connectivity index (χ0) is 30.5. The van der Waals surface area contributed by atoms with Gasteiger partial charge in [0, 0.05) is 37.8 Å². The Morgan fingerprint density at radius 2 is 0.955 bits per heavy atom. The van der Waals surface area contributed by atoms with Crippen LogP contribution in [0.3, 0.4) is 0 Å². The molecule has 0 aliphatic carbocycles. The van der Waals surface area contributed by atoms with Crippen LogP contribution in [0.1, 0.15) is 61.0 Å². The van der Waals surface area contributed by atoms with E-state index in [-0.39, 0.29) is 23.9 Å². The van der Waals surface area contributed by atoms with E-state index in [1.165, 1.54) is 13.8 Å². The minimum atomic E-state index is -0.157. The van der Waals surface area contributed by atoms with E-state index in [9.17, 15) is 9.59 Å². The lowest BCUT2D eigenvalue weighted by Crippen LogP contribution is -2.24. The van der Waals surface area contributed by atoms with Crippen molar-refractivity contribution in [1.82, 2.24) is 10.0 Å². The second kappa shape index (κ2) is 13.0. The van der Waals surface area contributed by atoms with Crippen molar-refractivity contribution in [1.29, 1.82) is 0 Å². The molecule has 0 saturated heterocycles. The molecule has 2 aliphatic rings. The lowest BCUT2D eigenvalue weighted by molar-refractivity contribution is -0.131. The fourth-order valence-corrected chi connectivity index (χ4v) is 5.76. The number of rotatable bonds is 9. The SMILES string of the molecule is CC(=O)N1N=C(c2ccccc2OCCOc2ccccc2C2=NN(C(C)=O)C(c3ccccc3)C2)CC1c1ccccc1. The van der Waals surface area contributed by atoms with Crippen LogP contribution < -0.4 is 9.47 Å². The van der Waals surface area contributed by atoms with Gasteiger partial charge in [-0.25, -0.2) is 10.0 Å². The summed E-state index contributed by atoms with van der Waals surface area (Å²) in [6.45, 7) is 3.68. The van der Waals surface area contributed by atoms with Crippen molar-refractivity contribution in [2.75, 3.05) is 13.2 Å². The Balaban J connectivity index is 1.13. The van der Waals surface area contributed by atoms with Gasteiger partial charge in [0.1, 0.15) is 24.7 Å². The van der Waals surface area contributed by atoms with Crippen LogP contribution in [-0.2, 0) is 9.59 Å². The first kappa shape index (κ1) is 28.9. The molecule has 2 aliphatic heterocycles. The Morgan fingerprint density at radius 1 is 0.591 bits per heavy atom. The van der Waals surface area contributed by atoms with Gasteiger partial charge < -0.3 is 9.47 Å². The molecule has 0 fully saturated rings. The number of carbonyl (C=O) groups excluding carboxylic acids is 2. The maximum Gasteiger partial charge on any atom is 0.240 e. The van der Waals surface area contributed by atoms with Crippen LogP contribution in [0.5, 0.6) is 11.5 Å². The summed E-state index contributed by atoms with van der Waals surface area (Å²) in [5, 5.41) is 12.5. The van der Waals surface area contributed by atoms with Gasteiger partial charge in [0.25, 0.3) is 0 Å². The number of hydrogen-bond donors (Lipinski definition) is 0. The molecule has 0 saturated carbocycles. The number of benzene rings is 4. The van der Waals surface area contributed by atoms with Gasteiger partial charge in [0.15, 0.2) is 0 Å². The van der Waals surface area contributed by atoms with E-state index in [1.54, 1.807) is 10.0 Å². The van der Waals surface area contributed by atoms with Gasteiger partial charge in [-0.05, 0) is 35.4 Å². The highest BCUT2D eigenvalue weighted by atomic mass is 16.5. The number of para-hydroxylation sites is 2. The van der Waals surface area contributed by atoms with Crippen molar-refractivity contribution < 1.29 is 19.1 Å². The van der Waals surface area contributed by atoms with Crippen molar-refractivity contribution >= 4 is 23.2 Å². The summed E-state index contributed by atoms with van der Waals surface area (Å²) in [6.07, 6.45) is 1.19. The average molecular weight is 587 g/mol.